The Kier molecular flexibility index (Phi) is 5.53. The number of nitrogens with zero attached hydrogens (tertiary/aromatic N) is 3. The van der Waals surface area contributed by atoms with Crippen molar-refractivity contribution in [2.24, 2.45) is 0 Å². The van der Waals surface area contributed by atoms with Crippen molar-refractivity contribution in [3.05, 3.63) is 53.6 Å². The van der Waals surface area contributed by atoms with Gasteiger partial charge in [0.15, 0.2) is 5.82 Å². The molecule has 1 aliphatic rings. The Labute approximate surface area is 180 Å². The number of hydrogen-bond acceptors (Lipinski definition) is 5. The van der Waals surface area contributed by atoms with Crippen LogP contribution in [-0.2, 0) is 4.74 Å². The maximum absolute atomic E-state index is 6.66. The number of H-pyrrole nitrogens is 1. The molecule has 30 heavy (non-hydrogen) atoms. The summed E-state index contributed by atoms with van der Waals surface area (Å²) in [7, 11) is 0. The van der Waals surface area contributed by atoms with Gasteiger partial charge in [-0.2, -0.15) is 0 Å². The predicted molar refractivity (Wildman–Crippen MR) is 122 cm³/mol. The molecule has 4 aromatic rings. The Morgan fingerprint density at radius 3 is 2.60 bits per heavy atom. The lowest BCUT2D eigenvalue weighted by Crippen LogP contribution is -2.37. The summed E-state index contributed by atoms with van der Waals surface area (Å²) in [6, 6.07) is 16.1. The fraction of sp³-hybridized carbons (Fsp3) is 0.304. The van der Waals surface area contributed by atoms with Crippen molar-refractivity contribution in [2.45, 2.75) is 6.42 Å². The lowest BCUT2D eigenvalue weighted by Gasteiger charge is -2.26. The summed E-state index contributed by atoms with van der Waals surface area (Å²) in [4.78, 5) is 15.4. The zero-order chi connectivity index (χ0) is 20.3. The maximum atomic E-state index is 6.66. The van der Waals surface area contributed by atoms with Gasteiger partial charge in [-0.1, -0.05) is 41.9 Å². The third-order valence-corrected chi connectivity index (χ3v) is 5.91. The van der Waals surface area contributed by atoms with E-state index in [-0.39, 0.29) is 0 Å². The number of nitrogens with one attached hydrogen (secondary N) is 2. The van der Waals surface area contributed by atoms with Crippen molar-refractivity contribution in [3.63, 3.8) is 0 Å². The molecule has 1 aliphatic heterocycles. The number of hydrogen-bond donors (Lipinski definition) is 2. The second-order valence-corrected chi connectivity index (χ2v) is 7.88. The van der Waals surface area contributed by atoms with Crippen molar-refractivity contribution in [1.29, 1.82) is 0 Å². The van der Waals surface area contributed by atoms with Crippen molar-refractivity contribution in [1.82, 2.24) is 19.9 Å². The van der Waals surface area contributed by atoms with E-state index < -0.39 is 0 Å². The van der Waals surface area contributed by atoms with Crippen LogP contribution in [-0.4, -0.2) is 59.2 Å². The standard InChI is InChI=1S/C23H24ClN5O/c24-20-16-6-1-3-8-18(16)26-21(20)23-27-19-9-4-2-7-17(19)22(28-23)25-10-5-11-29-12-14-30-15-13-29/h1-4,6-9,26H,5,10-15H2,(H,25,27,28). The van der Waals surface area contributed by atoms with Crippen molar-refractivity contribution >= 4 is 39.2 Å². The molecule has 2 N–H and O–H groups in total. The summed E-state index contributed by atoms with van der Waals surface area (Å²) in [5.74, 6) is 1.44. The number of rotatable bonds is 6. The SMILES string of the molecule is Clc1c(-c2nc(NCCCN3CCOCC3)c3ccccc3n2)[nH]c2ccccc12. The minimum Gasteiger partial charge on any atom is -0.379 e. The van der Waals surface area contributed by atoms with Crippen LogP contribution in [0.5, 0.6) is 0 Å². The smallest absolute Gasteiger partial charge is 0.180 e. The van der Waals surface area contributed by atoms with Gasteiger partial charge in [0, 0.05) is 35.9 Å². The number of ether oxygens (including phenoxy) is 1. The highest BCUT2D eigenvalue weighted by molar-refractivity contribution is 6.38. The Balaban J connectivity index is 1.42. The van der Waals surface area contributed by atoms with Gasteiger partial charge in [0.1, 0.15) is 11.5 Å². The monoisotopic (exact) mass is 421 g/mol. The van der Waals surface area contributed by atoms with E-state index in [4.69, 9.17) is 26.3 Å². The molecule has 1 saturated heterocycles. The molecule has 0 saturated carbocycles. The Morgan fingerprint density at radius 1 is 1.00 bits per heavy atom. The van der Waals surface area contributed by atoms with Gasteiger partial charge in [-0.05, 0) is 31.2 Å². The molecule has 0 spiro atoms. The van der Waals surface area contributed by atoms with E-state index >= 15 is 0 Å². The van der Waals surface area contributed by atoms with Gasteiger partial charge in [-0.15, -0.1) is 0 Å². The molecule has 0 unspecified atom stereocenters. The zero-order valence-electron chi connectivity index (χ0n) is 16.7. The maximum Gasteiger partial charge on any atom is 0.180 e. The fourth-order valence-electron chi connectivity index (χ4n) is 3.92. The first kappa shape index (κ1) is 19.3. The Hall–Kier alpha value is -2.67. The van der Waals surface area contributed by atoms with E-state index in [0.29, 0.717) is 10.8 Å². The van der Waals surface area contributed by atoms with Crippen LogP contribution in [0.3, 0.4) is 0 Å². The molecule has 0 aliphatic carbocycles. The average Bonchev–Trinajstić information content (AvgIpc) is 3.14. The average molecular weight is 422 g/mol. The van der Waals surface area contributed by atoms with Gasteiger partial charge in [-0.25, -0.2) is 9.97 Å². The first-order chi connectivity index (χ1) is 14.8. The normalized spacial score (nSPS) is 15.1. The van der Waals surface area contributed by atoms with E-state index in [1.165, 1.54) is 0 Å². The molecule has 7 heteroatoms. The van der Waals surface area contributed by atoms with Crippen molar-refractivity contribution in [3.8, 4) is 11.5 Å². The van der Waals surface area contributed by atoms with Crippen LogP contribution in [0.1, 0.15) is 6.42 Å². The summed E-state index contributed by atoms with van der Waals surface area (Å²) in [6.07, 6.45) is 1.04. The molecule has 0 bridgehead atoms. The largest absolute Gasteiger partial charge is 0.379 e. The Bertz CT molecular complexity index is 1170. The highest BCUT2D eigenvalue weighted by atomic mass is 35.5. The number of benzene rings is 2. The van der Waals surface area contributed by atoms with Crippen LogP contribution in [0.25, 0.3) is 33.3 Å². The highest BCUT2D eigenvalue weighted by Crippen LogP contribution is 2.34. The predicted octanol–water partition coefficient (Wildman–Crippen LogP) is 4.57. The highest BCUT2D eigenvalue weighted by Gasteiger charge is 2.16. The van der Waals surface area contributed by atoms with Gasteiger partial charge < -0.3 is 15.0 Å². The second kappa shape index (κ2) is 8.60. The lowest BCUT2D eigenvalue weighted by atomic mass is 10.2. The third-order valence-electron chi connectivity index (χ3n) is 5.52. The van der Waals surface area contributed by atoms with Crippen LogP contribution < -0.4 is 5.32 Å². The number of fused-ring (bicyclic) bond motifs is 2. The molecule has 2 aromatic heterocycles. The molecule has 1 fully saturated rings. The molecule has 5 rings (SSSR count). The summed E-state index contributed by atoms with van der Waals surface area (Å²) in [5.41, 5.74) is 2.63. The number of halogens is 1. The minimum atomic E-state index is 0.602. The topological polar surface area (TPSA) is 66.1 Å². The third kappa shape index (κ3) is 3.86. The summed E-state index contributed by atoms with van der Waals surface area (Å²) >= 11 is 6.66. The second-order valence-electron chi connectivity index (χ2n) is 7.51. The Morgan fingerprint density at radius 2 is 1.77 bits per heavy atom. The van der Waals surface area contributed by atoms with E-state index in [1.54, 1.807) is 0 Å². The van der Waals surface area contributed by atoms with Gasteiger partial charge in [0.2, 0.25) is 0 Å². The van der Waals surface area contributed by atoms with Crippen LogP contribution in [0.2, 0.25) is 5.02 Å². The van der Waals surface area contributed by atoms with Crippen LogP contribution in [0.15, 0.2) is 48.5 Å². The number of morpholine rings is 1. The molecular formula is C23H24ClN5O. The van der Waals surface area contributed by atoms with Crippen molar-refractivity contribution in [2.75, 3.05) is 44.7 Å². The molecular weight excluding hydrogens is 398 g/mol. The van der Waals surface area contributed by atoms with E-state index in [2.05, 4.69) is 21.3 Å². The molecule has 154 valence electrons. The van der Waals surface area contributed by atoms with Gasteiger partial charge in [0.05, 0.1) is 23.8 Å². The number of aromatic amines is 1. The van der Waals surface area contributed by atoms with E-state index in [9.17, 15) is 0 Å². The number of anilines is 1. The first-order valence-corrected chi connectivity index (χ1v) is 10.7. The molecule has 6 nitrogen and oxygen atoms in total. The van der Waals surface area contributed by atoms with Gasteiger partial charge in [-0.3, -0.25) is 4.90 Å². The first-order valence-electron chi connectivity index (χ1n) is 10.4. The molecule has 0 atom stereocenters. The van der Waals surface area contributed by atoms with Gasteiger partial charge >= 0.3 is 0 Å². The van der Waals surface area contributed by atoms with E-state index in [1.807, 2.05) is 42.5 Å². The van der Waals surface area contributed by atoms with Crippen molar-refractivity contribution < 1.29 is 4.74 Å². The molecule has 0 radical (unpaired) electrons. The number of aromatic nitrogens is 3. The van der Waals surface area contributed by atoms with Crippen LogP contribution >= 0.6 is 11.6 Å². The van der Waals surface area contributed by atoms with Crippen LogP contribution in [0.4, 0.5) is 5.82 Å². The molecule has 3 heterocycles. The quantitative estimate of drug-likeness (QED) is 0.446. The summed E-state index contributed by atoms with van der Waals surface area (Å²) in [5, 5.41) is 6.17. The number of para-hydroxylation sites is 2. The molecule has 2 aromatic carbocycles. The zero-order valence-corrected chi connectivity index (χ0v) is 17.5. The fourth-order valence-corrected chi connectivity index (χ4v) is 4.22. The minimum absolute atomic E-state index is 0.602. The molecule has 0 amide bonds. The van der Waals surface area contributed by atoms with Gasteiger partial charge in [0.25, 0.3) is 0 Å². The summed E-state index contributed by atoms with van der Waals surface area (Å²) in [6.45, 7) is 5.59. The lowest BCUT2D eigenvalue weighted by molar-refractivity contribution is 0.0378. The summed E-state index contributed by atoms with van der Waals surface area (Å²) < 4.78 is 5.42. The van der Waals surface area contributed by atoms with E-state index in [0.717, 1.165) is 79.1 Å². The van der Waals surface area contributed by atoms with Crippen LogP contribution in [0, 0.1) is 0 Å².